The van der Waals surface area contributed by atoms with Crippen LogP contribution in [0.2, 0.25) is 0 Å². The van der Waals surface area contributed by atoms with Crippen LogP contribution in [-0.4, -0.2) is 17.0 Å². The molecule has 0 bridgehead atoms. The number of ketones is 1. The molecule has 128 valence electrons. The maximum absolute atomic E-state index is 12.0. The van der Waals surface area contributed by atoms with E-state index < -0.39 is 6.10 Å². The number of unbranched alkanes of at least 4 members (excludes halogenated alkanes) is 3. The Morgan fingerprint density at radius 1 is 1.13 bits per heavy atom. The van der Waals surface area contributed by atoms with Gasteiger partial charge in [-0.3, -0.25) is 4.79 Å². The Balaban J connectivity index is 2.43. The Bertz CT molecular complexity index is 454. The highest BCUT2D eigenvalue weighted by Crippen LogP contribution is 2.26. The molecule has 2 heteroatoms. The summed E-state index contributed by atoms with van der Waals surface area (Å²) < 4.78 is 0. The number of carbonyl (C=O) groups excluding carboxylic acids is 1. The van der Waals surface area contributed by atoms with Crippen molar-refractivity contribution < 1.29 is 9.90 Å². The molecule has 0 radical (unpaired) electrons. The number of hydrogen-bond acceptors (Lipinski definition) is 2. The van der Waals surface area contributed by atoms with Crippen LogP contribution in [0.1, 0.15) is 65.2 Å². The average molecular weight is 316 g/mol. The van der Waals surface area contributed by atoms with Gasteiger partial charge in [-0.05, 0) is 44.6 Å². The van der Waals surface area contributed by atoms with E-state index in [0.717, 1.165) is 24.8 Å². The van der Waals surface area contributed by atoms with Crippen molar-refractivity contribution in [3.05, 3.63) is 48.1 Å². The molecule has 0 saturated carbocycles. The topological polar surface area (TPSA) is 37.3 Å². The standard InChI is InChI=1S/C21H32O2/c1-3-5-7-8-9-11-12-18-14-17-21(23)20(18)16-15-19(22)13-10-6-4-2/h6,9-11,14,16-19,22H,3-5,7-8,12-13,15H2,1-2H3/b10-6-,11-9-,20-16+/t18-,19-/m0/s1. The molecule has 0 spiro atoms. The van der Waals surface area contributed by atoms with E-state index in [-0.39, 0.29) is 11.7 Å². The summed E-state index contributed by atoms with van der Waals surface area (Å²) >= 11 is 0. The lowest BCUT2D eigenvalue weighted by atomic mass is 9.96. The third-order valence-corrected chi connectivity index (χ3v) is 4.12. The van der Waals surface area contributed by atoms with Gasteiger partial charge in [-0.25, -0.2) is 0 Å². The summed E-state index contributed by atoms with van der Waals surface area (Å²) in [5.74, 6) is 0.286. The van der Waals surface area contributed by atoms with Crippen molar-refractivity contribution in [1.82, 2.24) is 0 Å². The van der Waals surface area contributed by atoms with Crippen LogP contribution in [0.25, 0.3) is 0 Å². The highest BCUT2D eigenvalue weighted by atomic mass is 16.3. The Morgan fingerprint density at radius 2 is 1.96 bits per heavy atom. The second kappa shape index (κ2) is 12.1. The molecule has 0 aromatic rings. The van der Waals surface area contributed by atoms with Gasteiger partial charge in [-0.15, -0.1) is 0 Å². The predicted octanol–water partition coefficient (Wildman–Crippen LogP) is 5.30. The van der Waals surface area contributed by atoms with Crippen molar-refractivity contribution in [2.24, 2.45) is 5.92 Å². The quantitative estimate of drug-likeness (QED) is 0.319. The molecular weight excluding hydrogens is 284 g/mol. The monoisotopic (exact) mass is 316 g/mol. The molecule has 2 nitrogen and oxygen atoms in total. The summed E-state index contributed by atoms with van der Waals surface area (Å²) in [4.78, 5) is 12.0. The van der Waals surface area contributed by atoms with Crippen molar-refractivity contribution in [2.45, 2.75) is 71.3 Å². The third kappa shape index (κ3) is 8.13. The van der Waals surface area contributed by atoms with Crippen LogP contribution in [0.5, 0.6) is 0 Å². The zero-order valence-corrected chi connectivity index (χ0v) is 14.7. The molecule has 0 fully saturated rings. The Kier molecular flexibility index (Phi) is 10.3. The summed E-state index contributed by atoms with van der Waals surface area (Å²) in [6.45, 7) is 4.29. The van der Waals surface area contributed by atoms with Gasteiger partial charge in [0, 0.05) is 11.5 Å². The van der Waals surface area contributed by atoms with E-state index in [4.69, 9.17) is 0 Å². The van der Waals surface area contributed by atoms with E-state index in [0.29, 0.717) is 12.8 Å². The Morgan fingerprint density at radius 3 is 2.70 bits per heavy atom. The normalized spacial score (nSPS) is 21.3. The average Bonchev–Trinajstić information content (AvgIpc) is 2.89. The van der Waals surface area contributed by atoms with Gasteiger partial charge in [0.05, 0.1) is 6.10 Å². The molecule has 0 aromatic heterocycles. The fraction of sp³-hybridized carbons (Fsp3) is 0.571. The van der Waals surface area contributed by atoms with Crippen molar-refractivity contribution >= 4 is 5.78 Å². The van der Waals surface area contributed by atoms with Crippen molar-refractivity contribution in [1.29, 1.82) is 0 Å². The fourth-order valence-electron chi connectivity index (χ4n) is 2.70. The number of hydrogen-bond donors (Lipinski definition) is 1. The lowest BCUT2D eigenvalue weighted by molar-refractivity contribution is -0.111. The highest BCUT2D eigenvalue weighted by molar-refractivity contribution is 6.07. The first-order chi connectivity index (χ1) is 11.2. The summed E-state index contributed by atoms with van der Waals surface area (Å²) in [5, 5.41) is 9.96. The van der Waals surface area contributed by atoms with Crippen molar-refractivity contribution in [3.63, 3.8) is 0 Å². The van der Waals surface area contributed by atoms with E-state index >= 15 is 0 Å². The fourth-order valence-corrected chi connectivity index (χ4v) is 2.70. The lowest BCUT2D eigenvalue weighted by Gasteiger charge is -2.10. The summed E-state index contributed by atoms with van der Waals surface area (Å²) in [7, 11) is 0. The van der Waals surface area contributed by atoms with Gasteiger partial charge in [0.1, 0.15) is 0 Å². The zero-order valence-electron chi connectivity index (χ0n) is 14.7. The van der Waals surface area contributed by atoms with Crippen LogP contribution in [0, 0.1) is 5.92 Å². The molecule has 0 aromatic carbocycles. The highest BCUT2D eigenvalue weighted by Gasteiger charge is 2.21. The van der Waals surface area contributed by atoms with Gasteiger partial charge < -0.3 is 5.11 Å². The molecule has 1 rings (SSSR count). The molecule has 0 saturated heterocycles. The molecule has 1 N–H and O–H groups in total. The van der Waals surface area contributed by atoms with Gasteiger partial charge in [-0.1, -0.05) is 63.1 Å². The van der Waals surface area contributed by atoms with Gasteiger partial charge in [-0.2, -0.15) is 0 Å². The molecule has 2 atom stereocenters. The number of carbonyl (C=O) groups is 1. The molecule has 0 unspecified atom stereocenters. The first-order valence-electron chi connectivity index (χ1n) is 9.09. The van der Waals surface area contributed by atoms with Crippen LogP contribution in [0.4, 0.5) is 0 Å². The molecular formula is C21H32O2. The van der Waals surface area contributed by atoms with Gasteiger partial charge in [0.2, 0.25) is 0 Å². The van der Waals surface area contributed by atoms with E-state index in [9.17, 15) is 9.90 Å². The molecule has 0 aliphatic heterocycles. The van der Waals surface area contributed by atoms with Gasteiger partial charge in [0.25, 0.3) is 0 Å². The van der Waals surface area contributed by atoms with Crippen LogP contribution in [0.3, 0.4) is 0 Å². The second-order valence-electron chi connectivity index (χ2n) is 6.20. The van der Waals surface area contributed by atoms with E-state index in [2.05, 4.69) is 32.1 Å². The molecule has 0 amide bonds. The van der Waals surface area contributed by atoms with Gasteiger partial charge in [0.15, 0.2) is 5.78 Å². The largest absolute Gasteiger partial charge is 0.392 e. The number of rotatable bonds is 11. The predicted molar refractivity (Wildman–Crippen MR) is 98.3 cm³/mol. The minimum absolute atomic E-state index is 0.102. The second-order valence-corrected chi connectivity index (χ2v) is 6.20. The zero-order chi connectivity index (χ0) is 16.9. The summed E-state index contributed by atoms with van der Waals surface area (Å²) in [5.41, 5.74) is 0.849. The first-order valence-corrected chi connectivity index (χ1v) is 9.09. The van der Waals surface area contributed by atoms with Crippen LogP contribution in [-0.2, 0) is 4.79 Å². The molecule has 23 heavy (non-hydrogen) atoms. The Labute approximate surface area is 141 Å². The van der Waals surface area contributed by atoms with Crippen LogP contribution >= 0.6 is 0 Å². The summed E-state index contributed by atoms with van der Waals surface area (Å²) in [6.07, 6.45) is 21.7. The SMILES string of the molecule is CC/C=C\C[C@H](O)C/C=C1/C(=O)C=C[C@@H]1C/C=C\CCCCC. The summed E-state index contributed by atoms with van der Waals surface area (Å²) in [6, 6.07) is 0. The maximum atomic E-state index is 12.0. The van der Waals surface area contributed by atoms with Gasteiger partial charge >= 0.3 is 0 Å². The number of aliphatic hydroxyl groups is 1. The molecule has 0 heterocycles. The van der Waals surface area contributed by atoms with E-state index in [1.807, 2.05) is 18.2 Å². The van der Waals surface area contributed by atoms with Crippen molar-refractivity contribution in [3.8, 4) is 0 Å². The Hall–Kier alpha value is -1.41. The minimum atomic E-state index is -0.399. The first kappa shape index (κ1) is 19.6. The maximum Gasteiger partial charge on any atom is 0.181 e. The lowest BCUT2D eigenvalue weighted by Crippen LogP contribution is -2.07. The third-order valence-electron chi connectivity index (χ3n) is 4.12. The van der Waals surface area contributed by atoms with Crippen molar-refractivity contribution in [2.75, 3.05) is 0 Å². The molecule has 1 aliphatic carbocycles. The van der Waals surface area contributed by atoms with E-state index in [1.165, 1.54) is 19.3 Å². The molecule has 1 aliphatic rings. The minimum Gasteiger partial charge on any atom is -0.392 e. The van der Waals surface area contributed by atoms with E-state index in [1.54, 1.807) is 6.08 Å². The number of allylic oxidation sites excluding steroid dienone is 6. The van der Waals surface area contributed by atoms with Crippen LogP contribution in [0.15, 0.2) is 48.1 Å². The number of aliphatic hydroxyl groups excluding tert-OH is 1. The smallest absolute Gasteiger partial charge is 0.181 e. The van der Waals surface area contributed by atoms with Crippen LogP contribution < -0.4 is 0 Å².